The van der Waals surface area contributed by atoms with Gasteiger partial charge in [-0.2, -0.15) is 0 Å². The van der Waals surface area contributed by atoms with Crippen molar-refractivity contribution in [2.24, 2.45) is 0 Å². The zero-order valence-electron chi connectivity index (χ0n) is 22.2. The van der Waals surface area contributed by atoms with Gasteiger partial charge in [-0.25, -0.2) is 8.42 Å². The van der Waals surface area contributed by atoms with Crippen LogP contribution in [0.3, 0.4) is 0 Å². The van der Waals surface area contributed by atoms with E-state index in [-0.39, 0.29) is 17.3 Å². The van der Waals surface area contributed by atoms with Crippen molar-refractivity contribution in [3.8, 4) is 0 Å². The van der Waals surface area contributed by atoms with E-state index in [1.807, 2.05) is 38.1 Å². The van der Waals surface area contributed by atoms with Gasteiger partial charge >= 0.3 is 0 Å². The van der Waals surface area contributed by atoms with Crippen molar-refractivity contribution in [3.05, 3.63) is 92.9 Å². The fourth-order valence-electron chi connectivity index (χ4n) is 3.88. The number of benzene rings is 3. The molecule has 3 aromatic rings. The Morgan fingerprint density at radius 1 is 0.897 bits per heavy atom. The van der Waals surface area contributed by atoms with E-state index in [1.54, 1.807) is 43.3 Å². The third kappa shape index (κ3) is 8.40. The molecule has 0 aliphatic carbocycles. The molecule has 0 heterocycles. The summed E-state index contributed by atoms with van der Waals surface area (Å²) in [4.78, 5) is 28.4. The molecule has 2 amide bonds. The third-order valence-corrected chi connectivity index (χ3v) is 9.11. The first-order chi connectivity index (χ1) is 18.5. The maximum Gasteiger partial charge on any atom is 0.264 e. The molecule has 10 heteroatoms. The van der Waals surface area contributed by atoms with E-state index in [2.05, 4.69) is 37.2 Å². The molecule has 0 saturated heterocycles. The summed E-state index contributed by atoms with van der Waals surface area (Å²) >= 11 is 6.80. The van der Waals surface area contributed by atoms with Gasteiger partial charge in [0.2, 0.25) is 11.8 Å². The molecule has 3 rings (SSSR count). The lowest BCUT2D eigenvalue weighted by Gasteiger charge is -2.32. The van der Waals surface area contributed by atoms with Crippen LogP contribution in [0.25, 0.3) is 0 Å². The van der Waals surface area contributed by atoms with Crippen LogP contribution in [-0.4, -0.2) is 44.3 Å². The van der Waals surface area contributed by atoms with Crippen LogP contribution < -0.4 is 9.62 Å². The number of nitrogens with zero attached hydrogens (tertiary/aromatic N) is 2. The highest BCUT2D eigenvalue weighted by molar-refractivity contribution is 9.10. The van der Waals surface area contributed by atoms with Gasteiger partial charge in [-0.05, 0) is 74.4 Å². The fourth-order valence-corrected chi connectivity index (χ4v) is 5.82. The minimum atomic E-state index is -4.09. The molecule has 0 spiro atoms. The van der Waals surface area contributed by atoms with Gasteiger partial charge in [0.25, 0.3) is 10.0 Å². The lowest BCUT2D eigenvalue weighted by atomic mass is 10.1. The van der Waals surface area contributed by atoms with Crippen LogP contribution in [0.4, 0.5) is 5.69 Å². The number of aryl methyl sites for hydroxylation is 1. The lowest BCUT2D eigenvalue weighted by molar-refractivity contribution is -0.139. The van der Waals surface area contributed by atoms with Crippen LogP contribution >= 0.6 is 31.9 Å². The molecule has 208 valence electrons. The van der Waals surface area contributed by atoms with Crippen molar-refractivity contribution in [2.75, 3.05) is 17.4 Å². The second kappa shape index (κ2) is 14.1. The van der Waals surface area contributed by atoms with Gasteiger partial charge in [0.1, 0.15) is 12.6 Å². The van der Waals surface area contributed by atoms with E-state index < -0.39 is 28.5 Å². The van der Waals surface area contributed by atoms with Crippen molar-refractivity contribution < 1.29 is 18.0 Å². The van der Waals surface area contributed by atoms with Crippen molar-refractivity contribution in [1.82, 2.24) is 10.2 Å². The summed E-state index contributed by atoms with van der Waals surface area (Å²) in [5.41, 5.74) is 2.08. The molecule has 0 fully saturated rings. The van der Waals surface area contributed by atoms with Crippen molar-refractivity contribution in [3.63, 3.8) is 0 Å². The number of unbranched alkanes of at least 4 members (excludes halogenated alkanes) is 1. The summed E-state index contributed by atoms with van der Waals surface area (Å²) in [6, 6.07) is 19.9. The van der Waals surface area contributed by atoms with Crippen LogP contribution in [0.15, 0.2) is 86.6 Å². The quantitative estimate of drug-likeness (QED) is 0.237. The first-order valence-electron chi connectivity index (χ1n) is 12.7. The molecule has 3 aromatic carbocycles. The van der Waals surface area contributed by atoms with E-state index in [9.17, 15) is 18.0 Å². The maximum atomic E-state index is 13.9. The Balaban J connectivity index is 1.98. The Kier molecular flexibility index (Phi) is 11.1. The normalized spacial score (nSPS) is 12.0. The van der Waals surface area contributed by atoms with E-state index in [0.29, 0.717) is 12.2 Å². The molecular formula is C29H33Br2N3O4S. The number of amides is 2. The number of anilines is 1. The Labute approximate surface area is 247 Å². The average Bonchev–Trinajstić information content (AvgIpc) is 2.91. The molecule has 0 aliphatic rings. The predicted molar refractivity (Wildman–Crippen MR) is 162 cm³/mol. The van der Waals surface area contributed by atoms with E-state index in [0.717, 1.165) is 37.2 Å². The summed E-state index contributed by atoms with van der Waals surface area (Å²) in [5, 5.41) is 2.89. The van der Waals surface area contributed by atoms with Gasteiger partial charge in [-0.15, -0.1) is 0 Å². The van der Waals surface area contributed by atoms with Gasteiger partial charge in [0.05, 0.1) is 10.6 Å². The number of sulfonamides is 1. The summed E-state index contributed by atoms with van der Waals surface area (Å²) in [7, 11) is -4.09. The predicted octanol–water partition coefficient (Wildman–Crippen LogP) is 6.05. The van der Waals surface area contributed by atoms with Crippen LogP contribution in [0.2, 0.25) is 0 Å². The Hall–Kier alpha value is -2.69. The van der Waals surface area contributed by atoms with Crippen LogP contribution in [0.1, 0.15) is 37.8 Å². The number of halogens is 2. The van der Waals surface area contributed by atoms with Gasteiger partial charge in [-0.3, -0.25) is 13.9 Å². The van der Waals surface area contributed by atoms with Crippen molar-refractivity contribution in [2.45, 2.75) is 51.1 Å². The maximum absolute atomic E-state index is 13.9. The molecular weight excluding hydrogens is 646 g/mol. The van der Waals surface area contributed by atoms with E-state index in [1.165, 1.54) is 17.0 Å². The summed E-state index contributed by atoms with van der Waals surface area (Å²) in [5.74, 6) is -0.778. The second-order valence-corrected chi connectivity index (χ2v) is 13.0. The topological polar surface area (TPSA) is 86.8 Å². The molecule has 0 bridgehead atoms. The molecule has 0 aliphatic heterocycles. The van der Waals surface area contributed by atoms with E-state index in [4.69, 9.17) is 0 Å². The molecule has 1 atom stereocenters. The minimum absolute atomic E-state index is 0.0774. The van der Waals surface area contributed by atoms with Gasteiger partial charge < -0.3 is 10.2 Å². The number of nitrogens with one attached hydrogen (secondary N) is 1. The standard InChI is InChI=1S/C29H33Br2N3O4S/c1-4-5-18-32-29(36)22(3)33(19-23-8-10-24(30)11-9-23)28(35)20-34(26-14-12-25(31)13-15-26)39(37,38)27-16-6-21(2)7-17-27/h6-17,22H,4-5,18-20H2,1-3H3,(H,32,36)/t22-/m0/s1. The first-order valence-corrected chi connectivity index (χ1v) is 15.7. The largest absolute Gasteiger partial charge is 0.354 e. The molecule has 0 saturated carbocycles. The average molecular weight is 679 g/mol. The summed E-state index contributed by atoms with van der Waals surface area (Å²) < 4.78 is 30.4. The molecule has 0 unspecified atom stereocenters. The lowest BCUT2D eigenvalue weighted by Crippen LogP contribution is -2.51. The molecule has 39 heavy (non-hydrogen) atoms. The van der Waals surface area contributed by atoms with Crippen LogP contribution in [-0.2, 0) is 26.2 Å². The van der Waals surface area contributed by atoms with Gasteiger partial charge in [-0.1, -0.05) is 75.0 Å². The Morgan fingerprint density at radius 3 is 2.03 bits per heavy atom. The molecule has 0 aromatic heterocycles. The number of rotatable bonds is 12. The zero-order chi connectivity index (χ0) is 28.6. The number of carbonyl (C=O) groups is 2. The van der Waals surface area contributed by atoms with Crippen LogP contribution in [0, 0.1) is 6.92 Å². The highest BCUT2D eigenvalue weighted by atomic mass is 79.9. The molecule has 1 N–H and O–H groups in total. The van der Waals surface area contributed by atoms with Gasteiger partial charge in [0, 0.05) is 22.0 Å². The minimum Gasteiger partial charge on any atom is -0.354 e. The second-order valence-electron chi connectivity index (χ2n) is 9.27. The van der Waals surface area contributed by atoms with Crippen LogP contribution in [0.5, 0.6) is 0 Å². The molecule has 7 nitrogen and oxygen atoms in total. The van der Waals surface area contributed by atoms with Crippen molar-refractivity contribution in [1.29, 1.82) is 0 Å². The number of carbonyl (C=O) groups excluding carboxylic acids is 2. The zero-order valence-corrected chi connectivity index (χ0v) is 26.2. The van der Waals surface area contributed by atoms with Gasteiger partial charge in [0.15, 0.2) is 0 Å². The number of hydrogen-bond acceptors (Lipinski definition) is 4. The monoisotopic (exact) mass is 677 g/mol. The Morgan fingerprint density at radius 2 is 1.46 bits per heavy atom. The highest BCUT2D eigenvalue weighted by Gasteiger charge is 2.32. The third-order valence-electron chi connectivity index (χ3n) is 6.27. The van der Waals surface area contributed by atoms with E-state index >= 15 is 0 Å². The SMILES string of the molecule is CCCCNC(=O)[C@H](C)N(Cc1ccc(Br)cc1)C(=O)CN(c1ccc(Br)cc1)S(=O)(=O)c1ccc(C)cc1. The molecule has 0 radical (unpaired) electrons. The summed E-state index contributed by atoms with van der Waals surface area (Å²) in [6.45, 7) is 5.75. The van der Waals surface area contributed by atoms with Crippen molar-refractivity contribution >= 4 is 59.4 Å². The smallest absolute Gasteiger partial charge is 0.264 e. The summed E-state index contributed by atoms with van der Waals surface area (Å²) in [6.07, 6.45) is 1.75. The fraction of sp³-hybridized carbons (Fsp3) is 0.310. The first kappa shape index (κ1) is 30.8. The number of hydrogen-bond donors (Lipinski definition) is 1. The Bertz CT molecular complexity index is 1360. The highest BCUT2D eigenvalue weighted by Crippen LogP contribution is 2.26.